The van der Waals surface area contributed by atoms with E-state index in [0.29, 0.717) is 42.9 Å². The summed E-state index contributed by atoms with van der Waals surface area (Å²) in [4.78, 5) is 35.5. The van der Waals surface area contributed by atoms with Gasteiger partial charge >= 0.3 is 5.97 Å². The van der Waals surface area contributed by atoms with Crippen LogP contribution in [0, 0.1) is 0 Å². The van der Waals surface area contributed by atoms with Crippen molar-refractivity contribution in [2.75, 3.05) is 12.4 Å². The summed E-state index contributed by atoms with van der Waals surface area (Å²) in [6, 6.07) is 9.72. The highest BCUT2D eigenvalue weighted by molar-refractivity contribution is 7.86. The lowest BCUT2D eigenvalue weighted by Gasteiger charge is -2.20. The molecule has 2 unspecified atom stereocenters. The van der Waals surface area contributed by atoms with Gasteiger partial charge in [0.05, 0.1) is 5.69 Å². The largest absolute Gasteiger partial charge is 0.460 e. The summed E-state index contributed by atoms with van der Waals surface area (Å²) in [6.07, 6.45) is 0.969. The Morgan fingerprint density at radius 3 is 2.22 bits per heavy atom. The number of esters is 1. The van der Waals surface area contributed by atoms with Gasteiger partial charge in [0.25, 0.3) is 10.1 Å². The molecule has 0 aliphatic rings. The quantitative estimate of drug-likeness (QED) is 0.282. The van der Waals surface area contributed by atoms with Gasteiger partial charge < -0.3 is 19.6 Å². The van der Waals surface area contributed by atoms with Gasteiger partial charge in [-0.15, -0.1) is 0 Å². The van der Waals surface area contributed by atoms with Gasteiger partial charge in [0.15, 0.2) is 6.10 Å². The SMILES string of the molecule is C.COC(C)C(=O)OC(CCCC(C)=O)CCCC(=O)Nc1ccc2ccccc2c1S(=O)(=O)O.F. The molecule has 2 rings (SSSR count). The number of carbonyl (C=O) groups is 3. The third kappa shape index (κ3) is 10.00. The fourth-order valence-corrected chi connectivity index (χ4v) is 4.38. The molecule has 9 nitrogen and oxygen atoms in total. The summed E-state index contributed by atoms with van der Waals surface area (Å²) in [5, 5.41) is 3.46. The highest BCUT2D eigenvalue weighted by atomic mass is 32.2. The Morgan fingerprint density at radius 1 is 1.03 bits per heavy atom. The minimum atomic E-state index is -4.59. The molecule has 0 aliphatic heterocycles. The van der Waals surface area contributed by atoms with Crippen molar-refractivity contribution in [2.45, 2.75) is 76.9 Å². The van der Waals surface area contributed by atoms with Crippen molar-refractivity contribution in [3.05, 3.63) is 36.4 Å². The van der Waals surface area contributed by atoms with Crippen LogP contribution >= 0.6 is 0 Å². The second-order valence-corrected chi connectivity index (χ2v) is 9.47. The number of halogens is 1. The lowest BCUT2D eigenvalue weighted by molar-refractivity contribution is -0.160. The average molecular weight is 530 g/mol. The molecule has 11 heteroatoms. The van der Waals surface area contributed by atoms with Crippen molar-refractivity contribution in [1.82, 2.24) is 0 Å². The summed E-state index contributed by atoms with van der Waals surface area (Å²) in [7, 11) is -3.20. The van der Waals surface area contributed by atoms with E-state index in [0.717, 1.165) is 0 Å². The molecule has 202 valence electrons. The fraction of sp³-hybridized carbons (Fsp3) is 0.480. The molecule has 0 fully saturated rings. The summed E-state index contributed by atoms with van der Waals surface area (Å²) < 4.78 is 44.2. The van der Waals surface area contributed by atoms with Crippen LogP contribution in [-0.2, 0) is 34.0 Å². The van der Waals surface area contributed by atoms with Gasteiger partial charge in [0, 0.05) is 25.3 Å². The number of ketones is 1. The number of fused-ring (bicyclic) bond motifs is 1. The minimum Gasteiger partial charge on any atom is -0.460 e. The first-order valence-electron chi connectivity index (χ1n) is 11.0. The molecule has 2 atom stereocenters. The van der Waals surface area contributed by atoms with Gasteiger partial charge in [0.1, 0.15) is 16.8 Å². The van der Waals surface area contributed by atoms with Crippen LogP contribution in [0.15, 0.2) is 41.3 Å². The fourth-order valence-electron chi connectivity index (χ4n) is 3.52. The molecule has 0 saturated heterocycles. The van der Waals surface area contributed by atoms with E-state index in [9.17, 15) is 27.4 Å². The smallest absolute Gasteiger partial charge is 0.335 e. The number of benzene rings is 2. The van der Waals surface area contributed by atoms with Crippen LogP contribution in [0.1, 0.15) is 59.8 Å². The van der Waals surface area contributed by atoms with Crippen molar-refractivity contribution in [1.29, 1.82) is 0 Å². The van der Waals surface area contributed by atoms with E-state index in [4.69, 9.17) is 9.47 Å². The molecule has 0 spiro atoms. The Bertz CT molecular complexity index is 1140. The number of Topliss-reactive ketones (excluding diaryl/α,β-unsaturated/α-hetero) is 1. The number of hydrogen-bond acceptors (Lipinski definition) is 7. The summed E-state index contributed by atoms with van der Waals surface area (Å²) >= 11 is 0. The first kappa shape index (κ1) is 33.1. The average Bonchev–Trinajstić information content (AvgIpc) is 2.76. The Balaban J connectivity index is 0.00000612. The van der Waals surface area contributed by atoms with E-state index < -0.39 is 34.2 Å². The third-order valence-corrected chi connectivity index (χ3v) is 6.32. The molecule has 0 saturated carbocycles. The van der Waals surface area contributed by atoms with Gasteiger partial charge in [0.2, 0.25) is 5.91 Å². The van der Waals surface area contributed by atoms with Crippen molar-refractivity contribution < 1.29 is 41.5 Å². The summed E-state index contributed by atoms with van der Waals surface area (Å²) in [5.74, 6) is -0.923. The molecule has 0 aliphatic carbocycles. The number of amides is 1. The minimum absolute atomic E-state index is 0. The standard InChI is InChI=1S/C24H31NO8S.CH4.FH/c1-16(26)8-6-10-19(33-24(28)17(2)32-3)11-7-13-22(27)25-21-15-14-18-9-4-5-12-20(18)23(21)34(29,30)31;;/h4-5,9,12,14-15,17,19H,6-8,10-11,13H2,1-3H3,(H,25,27)(H,29,30,31);1H4;1H. The monoisotopic (exact) mass is 529 g/mol. The molecule has 0 heterocycles. The molecule has 2 N–H and O–H groups in total. The van der Waals surface area contributed by atoms with Crippen LogP contribution < -0.4 is 5.32 Å². The molecule has 2 aromatic rings. The van der Waals surface area contributed by atoms with Crippen LogP contribution in [0.5, 0.6) is 0 Å². The maximum atomic E-state index is 12.5. The van der Waals surface area contributed by atoms with Crippen molar-refractivity contribution in [3.8, 4) is 0 Å². The Hall–Kier alpha value is -2.89. The normalized spacial score (nSPS) is 12.6. The Morgan fingerprint density at radius 2 is 1.64 bits per heavy atom. The van der Waals surface area contributed by atoms with E-state index in [-0.39, 0.29) is 34.9 Å². The van der Waals surface area contributed by atoms with Crippen molar-refractivity contribution in [2.24, 2.45) is 0 Å². The van der Waals surface area contributed by atoms with E-state index in [2.05, 4.69) is 5.32 Å². The number of ether oxygens (including phenoxy) is 2. The molecule has 2 aromatic carbocycles. The van der Waals surface area contributed by atoms with Crippen LogP contribution in [-0.4, -0.2) is 49.9 Å². The lowest BCUT2D eigenvalue weighted by Crippen LogP contribution is -2.27. The topological polar surface area (TPSA) is 136 Å². The molecular weight excluding hydrogens is 493 g/mol. The third-order valence-electron chi connectivity index (χ3n) is 5.36. The zero-order valence-corrected chi connectivity index (χ0v) is 20.8. The molecular formula is C25H36FNO8S. The molecule has 0 aromatic heterocycles. The van der Waals surface area contributed by atoms with Crippen LogP contribution in [0.4, 0.5) is 10.4 Å². The number of carbonyl (C=O) groups excluding carboxylic acids is 3. The van der Waals surface area contributed by atoms with Crippen LogP contribution in [0.3, 0.4) is 0 Å². The highest BCUT2D eigenvalue weighted by Crippen LogP contribution is 2.30. The molecule has 0 bridgehead atoms. The van der Waals surface area contributed by atoms with Crippen molar-refractivity contribution in [3.63, 3.8) is 0 Å². The Labute approximate surface area is 211 Å². The molecule has 0 radical (unpaired) electrons. The second kappa shape index (κ2) is 15.3. The predicted molar refractivity (Wildman–Crippen MR) is 136 cm³/mol. The van der Waals surface area contributed by atoms with Gasteiger partial charge in [-0.3, -0.25) is 14.1 Å². The maximum absolute atomic E-state index is 12.5. The van der Waals surface area contributed by atoms with E-state index >= 15 is 0 Å². The maximum Gasteiger partial charge on any atom is 0.335 e. The first-order valence-corrected chi connectivity index (χ1v) is 12.5. The zero-order chi connectivity index (χ0) is 25.3. The number of hydrogen-bond donors (Lipinski definition) is 2. The van der Waals surface area contributed by atoms with Gasteiger partial charge in [-0.1, -0.05) is 37.8 Å². The predicted octanol–water partition coefficient (Wildman–Crippen LogP) is 4.69. The van der Waals surface area contributed by atoms with Gasteiger partial charge in [-0.25, -0.2) is 4.79 Å². The van der Waals surface area contributed by atoms with Crippen LogP contribution in [0.2, 0.25) is 0 Å². The number of anilines is 1. The summed E-state index contributed by atoms with van der Waals surface area (Å²) in [5.41, 5.74) is -0.00967. The van der Waals surface area contributed by atoms with E-state index in [1.54, 1.807) is 37.3 Å². The van der Waals surface area contributed by atoms with E-state index in [1.165, 1.54) is 20.1 Å². The zero-order valence-electron chi connectivity index (χ0n) is 20.0. The first-order chi connectivity index (χ1) is 16.0. The molecule has 1 amide bonds. The van der Waals surface area contributed by atoms with Gasteiger partial charge in [-0.2, -0.15) is 8.42 Å². The number of methoxy groups -OCH3 is 1. The van der Waals surface area contributed by atoms with Crippen molar-refractivity contribution >= 4 is 44.2 Å². The highest BCUT2D eigenvalue weighted by Gasteiger charge is 2.22. The number of rotatable bonds is 13. The lowest BCUT2D eigenvalue weighted by atomic mass is 10.0. The Kier molecular flexibility index (Phi) is 14.0. The number of nitrogens with one attached hydrogen (secondary N) is 1. The van der Waals surface area contributed by atoms with E-state index in [1.807, 2.05) is 0 Å². The van der Waals surface area contributed by atoms with Gasteiger partial charge in [-0.05, 0) is 51.0 Å². The van der Waals surface area contributed by atoms with Crippen LogP contribution in [0.25, 0.3) is 10.8 Å². The summed E-state index contributed by atoms with van der Waals surface area (Å²) in [6.45, 7) is 3.06. The molecule has 36 heavy (non-hydrogen) atoms. The second-order valence-electron chi connectivity index (χ2n) is 8.11.